The quantitative estimate of drug-likeness (QED) is 0.313. The Hall–Kier alpha value is -3.07. The molecule has 39 heavy (non-hydrogen) atoms. The van der Waals surface area contributed by atoms with E-state index in [-0.39, 0.29) is 34.6 Å². The molecule has 3 aromatic carbocycles. The largest absolute Gasteiger partial charge is 0.354 e. The Kier molecular flexibility index (Phi) is 10.8. The number of nitrogens with zero attached hydrogens (tertiary/aromatic N) is 2. The minimum absolute atomic E-state index is 0.0176. The highest BCUT2D eigenvalue weighted by atomic mass is 35.5. The van der Waals surface area contributed by atoms with Crippen LogP contribution in [-0.4, -0.2) is 50.5 Å². The Morgan fingerprint density at radius 2 is 1.59 bits per heavy atom. The normalized spacial score (nSPS) is 12.0. The summed E-state index contributed by atoms with van der Waals surface area (Å²) in [6.45, 7) is 3.90. The molecule has 1 N–H and O–H groups in total. The van der Waals surface area contributed by atoms with Gasteiger partial charge in [-0.1, -0.05) is 96.4 Å². The minimum Gasteiger partial charge on any atom is -0.354 e. The Balaban J connectivity index is 2.06. The molecule has 7 nitrogen and oxygen atoms in total. The third kappa shape index (κ3) is 8.46. The van der Waals surface area contributed by atoms with E-state index < -0.39 is 28.5 Å². The maximum absolute atomic E-state index is 14.0. The topological polar surface area (TPSA) is 86.8 Å². The fourth-order valence-electron chi connectivity index (χ4n) is 4.09. The lowest BCUT2D eigenvalue weighted by molar-refractivity contribution is -0.140. The Morgan fingerprint density at radius 1 is 0.923 bits per heavy atom. The summed E-state index contributed by atoms with van der Waals surface area (Å²) in [6.07, 6.45) is 1.98. The van der Waals surface area contributed by atoms with Gasteiger partial charge in [-0.25, -0.2) is 8.42 Å². The predicted molar refractivity (Wildman–Crippen MR) is 158 cm³/mol. The molecule has 0 spiro atoms. The zero-order chi connectivity index (χ0) is 28.6. The van der Waals surface area contributed by atoms with E-state index in [0.29, 0.717) is 6.54 Å². The van der Waals surface area contributed by atoms with E-state index in [9.17, 15) is 18.0 Å². The molecule has 0 aliphatic heterocycles. The lowest BCUT2D eigenvalue weighted by Gasteiger charge is -2.33. The van der Waals surface area contributed by atoms with Gasteiger partial charge >= 0.3 is 0 Å². The summed E-state index contributed by atoms with van der Waals surface area (Å²) in [4.78, 5) is 28.9. The van der Waals surface area contributed by atoms with Gasteiger partial charge in [-0.2, -0.15) is 0 Å². The molecule has 3 rings (SSSR count). The van der Waals surface area contributed by atoms with E-state index in [1.807, 2.05) is 68.4 Å². The monoisotopic (exact) mass is 589 g/mol. The first-order chi connectivity index (χ1) is 18.5. The number of benzene rings is 3. The number of halogens is 2. The van der Waals surface area contributed by atoms with Crippen LogP contribution >= 0.6 is 23.2 Å². The number of anilines is 1. The average Bonchev–Trinajstić information content (AvgIpc) is 2.90. The minimum atomic E-state index is -3.94. The molecule has 208 valence electrons. The van der Waals surface area contributed by atoms with Crippen molar-refractivity contribution in [1.82, 2.24) is 10.2 Å². The second-order valence-corrected chi connectivity index (χ2v) is 12.0. The summed E-state index contributed by atoms with van der Waals surface area (Å²) < 4.78 is 26.6. The second-order valence-electron chi connectivity index (χ2n) is 9.35. The number of amides is 2. The zero-order valence-corrected chi connectivity index (χ0v) is 24.6. The summed E-state index contributed by atoms with van der Waals surface area (Å²) in [5.41, 5.74) is 2.82. The van der Waals surface area contributed by atoms with Crippen molar-refractivity contribution in [3.8, 4) is 0 Å². The Labute approximate surface area is 240 Å². The number of aryl methyl sites for hydroxylation is 1. The Morgan fingerprint density at radius 3 is 2.21 bits per heavy atom. The molecule has 10 heteroatoms. The van der Waals surface area contributed by atoms with Gasteiger partial charge in [-0.05, 0) is 36.6 Å². The van der Waals surface area contributed by atoms with Gasteiger partial charge in [0.05, 0.1) is 22.0 Å². The maximum Gasteiger partial charge on any atom is 0.244 e. The lowest BCUT2D eigenvalue weighted by Crippen LogP contribution is -2.53. The predicted octanol–water partition coefficient (Wildman–Crippen LogP) is 5.23. The van der Waals surface area contributed by atoms with E-state index in [1.165, 1.54) is 17.0 Å². The van der Waals surface area contributed by atoms with Gasteiger partial charge in [0, 0.05) is 19.5 Å². The number of sulfonamides is 1. The standard InChI is InChI=1S/C29H33Cl2N3O4S/c1-4-17-32-29(36)26(18-22-9-6-5-7-10-22)33(19-23-15-13-21(2)14-16-23)27(35)20-34(39(3,37)38)25-12-8-11-24(30)28(25)31/h5-16,26H,4,17-20H2,1-3H3,(H,32,36). The first-order valence-corrected chi connectivity index (χ1v) is 15.2. The van der Waals surface area contributed by atoms with Crippen molar-refractivity contribution in [2.75, 3.05) is 23.7 Å². The van der Waals surface area contributed by atoms with Gasteiger partial charge in [0.25, 0.3) is 0 Å². The van der Waals surface area contributed by atoms with Crippen LogP contribution in [0, 0.1) is 6.92 Å². The van der Waals surface area contributed by atoms with E-state index in [2.05, 4.69) is 5.32 Å². The van der Waals surface area contributed by atoms with E-state index in [4.69, 9.17) is 23.2 Å². The third-order valence-electron chi connectivity index (χ3n) is 6.17. The number of carbonyl (C=O) groups is 2. The highest BCUT2D eigenvalue weighted by Gasteiger charge is 2.33. The summed E-state index contributed by atoms with van der Waals surface area (Å²) in [5.74, 6) is -0.863. The average molecular weight is 591 g/mol. The highest BCUT2D eigenvalue weighted by molar-refractivity contribution is 7.92. The van der Waals surface area contributed by atoms with Crippen LogP contribution in [0.1, 0.15) is 30.0 Å². The molecule has 0 radical (unpaired) electrons. The zero-order valence-electron chi connectivity index (χ0n) is 22.2. The molecule has 0 aliphatic carbocycles. The summed E-state index contributed by atoms with van der Waals surface area (Å²) in [6, 6.07) is 20.7. The van der Waals surface area contributed by atoms with Crippen LogP contribution in [0.5, 0.6) is 0 Å². The van der Waals surface area contributed by atoms with Crippen LogP contribution in [0.3, 0.4) is 0 Å². The third-order valence-corrected chi connectivity index (χ3v) is 8.11. The van der Waals surface area contributed by atoms with Crippen molar-refractivity contribution in [2.24, 2.45) is 0 Å². The molecule has 1 atom stereocenters. The lowest BCUT2D eigenvalue weighted by atomic mass is 10.0. The molecule has 0 fully saturated rings. The second kappa shape index (κ2) is 13.8. The summed E-state index contributed by atoms with van der Waals surface area (Å²) in [7, 11) is -3.94. The first-order valence-electron chi connectivity index (χ1n) is 12.6. The molecule has 0 aromatic heterocycles. The number of rotatable bonds is 12. The number of nitrogens with one attached hydrogen (secondary N) is 1. The molecule has 3 aromatic rings. The van der Waals surface area contributed by atoms with Crippen molar-refractivity contribution in [3.63, 3.8) is 0 Å². The SMILES string of the molecule is CCCNC(=O)C(Cc1ccccc1)N(Cc1ccc(C)cc1)C(=O)CN(c1cccc(Cl)c1Cl)S(C)(=O)=O. The number of hydrogen-bond acceptors (Lipinski definition) is 4. The molecular formula is C29H33Cl2N3O4S. The molecule has 1 unspecified atom stereocenters. The van der Waals surface area contributed by atoms with Crippen LogP contribution in [-0.2, 0) is 32.6 Å². The van der Waals surface area contributed by atoms with Crippen LogP contribution in [0.2, 0.25) is 10.0 Å². The number of hydrogen-bond donors (Lipinski definition) is 1. The molecule has 0 saturated heterocycles. The van der Waals surface area contributed by atoms with E-state index in [1.54, 1.807) is 6.07 Å². The van der Waals surface area contributed by atoms with Crippen LogP contribution < -0.4 is 9.62 Å². The van der Waals surface area contributed by atoms with Gasteiger partial charge in [-0.15, -0.1) is 0 Å². The summed E-state index contributed by atoms with van der Waals surface area (Å²) >= 11 is 12.5. The van der Waals surface area contributed by atoms with Crippen molar-refractivity contribution >= 4 is 50.7 Å². The van der Waals surface area contributed by atoms with Crippen molar-refractivity contribution < 1.29 is 18.0 Å². The van der Waals surface area contributed by atoms with Gasteiger partial charge < -0.3 is 10.2 Å². The van der Waals surface area contributed by atoms with Gasteiger partial charge in [0.1, 0.15) is 12.6 Å². The molecule has 0 aliphatic rings. The highest BCUT2D eigenvalue weighted by Crippen LogP contribution is 2.33. The van der Waals surface area contributed by atoms with Crippen molar-refractivity contribution in [2.45, 2.75) is 39.3 Å². The molecule has 0 saturated carbocycles. The van der Waals surface area contributed by atoms with E-state index >= 15 is 0 Å². The fraction of sp³-hybridized carbons (Fsp3) is 0.310. The smallest absolute Gasteiger partial charge is 0.244 e. The van der Waals surface area contributed by atoms with E-state index in [0.717, 1.165) is 33.7 Å². The van der Waals surface area contributed by atoms with Crippen LogP contribution in [0.15, 0.2) is 72.8 Å². The Bertz CT molecular complexity index is 1380. The van der Waals surface area contributed by atoms with Gasteiger partial charge in [0.15, 0.2) is 0 Å². The first kappa shape index (κ1) is 30.5. The molecule has 2 amide bonds. The van der Waals surface area contributed by atoms with Crippen molar-refractivity contribution in [1.29, 1.82) is 0 Å². The number of carbonyl (C=O) groups excluding carboxylic acids is 2. The summed E-state index contributed by atoms with van der Waals surface area (Å²) in [5, 5.41) is 3.09. The van der Waals surface area contributed by atoms with Crippen LogP contribution in [0.25, 0.3) is 0 Å². The fourth-order valence-corrected chi connectivity index (χ4v) is 5.39. The maximum atomic E-state index is 14.0. The van der Waals surface area contributed by atoms with Gasteiger partial charge in [0.2, 0.25) is 21.8 Å². The van der Waals surface area contributed by atoms with Crippen molar-refractivity contribution in [3.05, 3.63) is 99.5 Å². The molecule has 0 bridgehead atoms. The molecule has 0 heterocycles. The van der Waals surface area contributed by atoms with Crippen LogP contribution in [0.4, 0.5) is 5.69 Å². The molecular weight excluding hydrogens is 557 g/mol. The van der Waals surface area contributed by atoms with Gasteiger partial charge in [-0.3, -0.25) is 13.9 Å².